The largest absolute Gasteiger partial charge is 0.272 e. The number of aryl methyl sites for hydroxylation is 1. The first-order chi connectivity index (χ1) is 14.7. The number of hydrogen-bond acceptors (Lipinski definition) is 5. The van der Waals surface area contributed by atoms with Crippen molar-refractivity contribution in [2.45, 2.75) is 19.9 Å². The van der Waals surface area contributed by atoms with Gasteiger partial charge in [-0.25, -0.2) is 9.67 Å². The van der Waals surface area contributed by atoms with E-state index >= 15 is 0 Å². The van der Waals surface area contributed by atoms with Crippen molar-refractivity contribution in [1.82, 2.24) is 20.0 Å². The number of aromatic nitrogens is 4. The van der Waals surface area contributed by atoms with E-state index in [0.717, 1.165) is 33.4 Å². The van der Waals surface area contributed by atoms with E-state index in [-0.39, 0.29) is 12.5 Å². The number of nitrogens with zero attached hydrogens (tertiary/aromatic N) is 5. The third-order valence-corrected chi connectivity index (χ3v) is 6.05. The van der Waals surface area contributed by atoms with Crippen LogP contribution in [0.25, 0.3) is 21.3 Å². The van der Waals surface area contributed by atoms with Crippen molar-refractivity contribution < 1.29 is 4.79 Å². The van der Waals surface area contributed by atoms with Gasteiger partial charge in [-0.3, -0.25) is 9.69 Å². The van der Waals surface area contributed by atoms with E-state index in [9.17, 15) is 4.79 Å². The third kappa shape index (κ3) is 3.33. The Hall–Kier alpha value is -3.58. The molecule has 0 atom stereocenters. The highest BCUT2D eigenvalue weighted by atomic mass is 32.1. The van der Waals surface area contributed by atoms with Gasteiger partial charge >= 0.3 is 0 Å². The summed E-state index contributed by atoms with van der Waals surface area (Å²) in [5, 5.41) is 8.99. The minimum atomic E-state index is -0.117. The van der Waals surface area contributed by atoms with Gasteiger partial charge in [0.15, 0.2) is 5.13 Å². The van der Waals surface area contributed by atoms with Gasteiger partial charge in [-0.15, -0.1) is 5.10 Å². The molecule has 30 heavy (non-hydrogen) atoms. The van der Waals surface area contributed by atoms with Crippen molar-refractivity contribution >= 4 is 49.3 Å². The van der Waals surface area contributed by atoms with Gasteiger partial charge in [0, 0.05) is 0 Å². The first-order valence-electron chi connectivity index (χ1n) is 9.78. The Labute approximate surface area is 177 Å². The zero-order valence-electron chi connectivity index (χ0n) is 16.4. The zero-order valence-corrected chi connectivity index (χ0v) is 17.2. The molecule has 2 aromatic heterocycles. The number of thiazole rings is 1. The van der Waals surface area contributed by atoms with Crippen molar-refractivity contribution in [2.75, 3.05) is 4.90 Å². The smallest absolute Gasteiger partial charge is 0.255 e. The Morgan fingerprint density at radius 2 is 1.70 bits per heavy atom. The van der Waals surface area contributed by atoms with Gasteiger partial charge in [0.05, 0.1) is 21.4 Å². The van der Waals surface area contributed by atoms with Crippen molar-refractivity contribution in [3.63, 3.8) is 0 Å². The van der Waals surface area contributed by atoms with Crippen LogP contribution in [-0.2, 0) is 17.8 Å². The SMILES string of the molecule is CCc1ccc(N(C(=O)Cn2nnc3ccccc32)c2nc3ccccc3s2)cc1. The third-order valence-electron chi connectivity index (χ3n) is 5.03. The first-order valence-corrected chi connectivity index (χ1v) is 10.6. The Morgan fingerprint density at radius 1 is 0.967 bits per heavy atom. The lowest BCUT2D eigenvalue weighted by atomic mass is 10.1. The van der Waals surface area contributed by atoms with Gasteiger partial charge in [-0.1, -0.05) is 59.9 Å². The summed E-state index contributed by atoms with van der Waals surface area (Å²) in [4.78, 5) is 19.9. The second-order valence-electron chi connectivity index (χ2n) is 6.95. The highest BCUT2D eigenvalue weighted by Gasteiger charge is 2.23. The van der Waals surface area contributed by atoms with Crippen LogP contribution in [0.2, 0.25) is 0 Å². The molecule has 7 heteroatoms. The van der Waals surface area contributed by atoms with Gasteiger partial charge in [-0.2, -0.15) is 0 Å². The van der Waals surface area contributed by atoms with Crippen molar-refractivity contribution in [2.24, 2.45) is 0 Å². The molecular formula is C23H19N5OS. The lowest BCUT2D eigenvalue weighted by Gasteiger charge is -2.20. The number of amides is 1. The molecule has 0 unspecified atom stereocenters. The molecule has 0 aliphatic rings. The number of para-hydroxylation sites is 2. The quantitative estimate of drug-likeness (QED) is 0.408. The minimum absolute atomic E-state index is 0.0754. The fourth-order valence-electron chi connectivity index (χ4n) is 3.43. The summed E-state index contributed by atoms with van der Waals surface area (Å²) in [7, 11) is 0. The van der Waals surface area contributed by atoms with Crippen LogP contribution in [0.15, 0.2) is 72.8 Å². The molecule has 0 saturated carbocycles. The van der Waals surface area contributed by atoms with E-state index in [1.54, 1.807) is 9.58 Å². The number of carbonyl (C=O) groups excluding carboxylic acids is 1. The lowest BCUT2D eigenvalue weighted by Crippen LogP contribution is -2.30. The maximum Gasteiger partial charge on any atom is 0.255 e. The molecule has 5 rings (SSSR count). The van der Waals surface area contributed by atoms with E-state index in [1.165, 1.54) is 16.9 Å². The van der Waals surface area contributed by atoms with Crippen LogP contribution in [0, 0.1) is 0 Å². The second-order valence-corrected chi connectivity index (χ2v) is 7.96. The van der Waals surface area contributed by atoms with Crippen molar-refractivity contribution in [3.05, 3.63) is 78.4 Å². The molecule has 0 bridgehead atoms. The molecule has 0 spiro atoms. The summed E-state index contributed by atoms with van der Waals surface area (Å²) >= 11 is 1.50. The van der Waals surface area contributed by atoms with Crippen LogP contribution in [0.1, 0.15) is 12.5 Å². The fourth-order valence-corrected chi connectivity index (χ4v) is 4.43. The van der Waals surface area contributed by atoms with Gasteiger partial charge in [0.25, 0.3) is 5.91 Å². The summed E-state index contributed by atoms with van der Waals surface area (Å²) in [6, 6.07) is 23.6. The van der Waals surface area contributed by atoms with Crippen LogP contribution in [0.4, 0.5) is 10.8 Å². The molecule has 3 aromatic carbocycles. The number of fused-ring (bicyclic) bond motifs is 2. The molecule has 0 saturated heterocycles. The van der Waals surface area contributed by atoms with Crippen molar-refractivity contribution in [1.29, 1.82) is 0 Å². The maximum atomic E-state index is 13.5. The maximum absolute atomic E-state index is 13.5. The normalized spacial score (nSPS) is 11.2. The first kappa shape index (κ1) is 18.4. The van der Waals surface area contributed by atoms with E-state index in [1.807, 2.05) is 72.8 Å². The van der Waals surface area contributed by atoms with Crippen LogP contribution in [-0.4, -0.2) is 25.9 Å². The average Bonchev–Trinajstić information content (AvgIpc) is 3.39. The Kier molecular flexibility index (Phi) is 4.72. The molecule has 0 fully saturated rings. The number of anilines is 2. The van der Waals surface area contributed by atoms with E-state index in [2.05, 4.69) is 17.2 Å². The van der Waals surface area contributed by atoms with Crippen molar-refractivity contribution in [3.8, 4) is 0 Å². The van der Waals surface area contributed by atoms with E-state index in [0.29, 0.717) is 5.13 Å². The highest BCUT2D eigenvalue weighted by molar-refractivity contribution is 7.22. The fraction of sp³-hybridized carbons (Fsp3) is 0.130. The number of benzene rings is 3. The Balaban J connectivity index is 1.56. The highest BCUT2D eigenvalue weighted by Crippen LogP contribution is 2.34. The predicted octanol–water partition coefficient (Wildman–Crippen LogP) is 4.97. The van der Waals surface area contributed by atoms with Crippen LogP contribution < -0.4 is 4.90 Å². The minimum Gasteiger partial charge on any atom is -0.272 e. The average molecular weight is 414 g/mol. The zero-order chi connectivity index (χ0) is 20.5. The number of carbonyl (C=O) groups is 1. The number of rotatable bonds is 5. The van der Waals surface area contributed by atoms with Crippen LogP contribution >= 0.6 is 11.3 Å². The van der Waals surface area contributed by atoms with Gasteiger partial charge < -0.3 is 0 Å². The van der Waals surface area contributed by atoms with Crippen LogP contribution in [0.5, 0.6) is 0 Å². The topological polar surface area (TPSA) is 63.9 Å². The summed E-state index contributed by atoms with van der Waals surface area (Å²) in [5.74, 6) is -0.117. The second kappa shape index (κ2) is 7.68. The predicted molar refractivity (Wildman–Crippen MR) is 120 cm³/mol. The van der Waals surface area contributed by atoms with Gasteiger partial charge in [-0.05, 0) is 48.4 Å². The molecule has 0 N–H and O–H groups in total. The summed E-state index contributed by atoms with van der Waals surface area (Å²) in [6.07, 6.45) is 0.945. The Morgan fingerprint density at radius 3 is 2.47 bits per heavy atom. The summed E-state index contributed by atoms with van der Waals surface area (Å²) in [5.41, 5.74) is 4.49. The molecule has 1 amide bonds. The van der Waals surface area contributed by atoms with Gasteiger partial charge in [0.2, 0.25) is 0 Å². The molecule has 0 radical (unpaired) electrons. The molecule has 5 aromatic rings. The molecule has 0 aliphatic carbocycles. The number of hydrogen-bond donors (Lipinski definition) is 0. The monoisotopic (exact) mass is 413 g/mol. The molecule has 0 aliphatic heterocycles. The molecule has 2 heterocycles. The lowest BCUT2D eigenvalue weighted by molar-refractivity contribution is -0.118. The summed E-state index contributed by atoms with van der Waals surface area (Å²) < 4.78 is 2.68. The van der Waals surface area contributed by atoms with E-state index in [4.69, 9.17) is 4.98 Å². The van der Waals surface area contributed by atoms with Crippen LogP contribution in [0.3, 0.4) is 0 Å². The van der Waals surface area contributed by atoms with E-state index < -0.39 is 0 Å². The summed E-state index contributed by atoms with van der Waals surface area (Å²) in [6.45, 7) is 2.19. The Bertz CT molecular complexity index is 1310. The molecular weight excluding hydrogens is 394 g/mol. The molecule has 148 valence electrons. The molecule has 6 nitrogen and oxygen atoms in total. The van der Waals surface area contributed by atoms with Gasteiger partial charge in [0.1, 0.15) is 12.1 Å². The standard InChI is InChI=1S/C23H19N5OS/c1-2-16-11-13-17(14-12-16)28(23-24-19-8-4-6-10-21(19)30-23)22(29)15-27-20-9-5-3-7-18(20)25-26-27/h3-14H,2,15H2,1H3.